The Hall–Kier alpha value is -1.60. The minimum Gasteiger partial charge on any atom is -0.317 e. The third-order valence-electron chi connectivity index (χ3n) is 5.52. The SMILES string of the molecule is CC(CCCCCNCCCCCCCc1ccccc1)c1ccccc1. The van der Waals surface area contributed by atoms with E-state index in [1.54, 1.807) is 0 Å². The van der Waals surface area contributed by atoms with E-state index in [1.165, 1.54) is 88.4 Å². The third-order valence-corrected chi connectivity index (χ3v) is 5.52. The van der Waals surface area contributed by atoms with E-state index in [1.807, 2.05) is 0 Å². The van der Waals surface area contributed by atoms with Crippen LogP contribution in [0.1, 0.15) is 81.8 Å². The molecule has 1 nitrogen and oxygen atoms in total. The molecule has 0 amide bonds. The summed E-state index contributed by atoms with van der Waals surface area (Å²) in [7, 11) is 0. The van der Waals surface area contributed by atoms with Crippen molar-refractivity contribution in [2.24, 2.45) is 0 Å². The van der Waals surface area contributed by atoms with Crippen molar-refractivity contribution in [3.63, 3.8) is 0 Å². The summed E-state index contributed by atoms with van der Waals surface area (Å²) in [4.78, 5) is 0. The zero-order chi connectivity index (χ0) is 19.0. The second-order valence-electron chi connectivity index (χ2n) is 7.91. The van der Waals surface area contributed by atoms with Gasteiger partial charge in [0.25, 0.3) is 0 Å². The van der Waals surface area contributed by atoms with Crippen molar-refractivity contribution in [1.82, 2.24) is 5.32 Å². The summed E-state index contributed by atoms with van der Waals surface area (Å²) in [5.74, 6) is 0.695. The van der Waals surface area contributed by atoms with Crippen LogP contribution < -0.4 is 5.32 Å². The zero-order valence-electron chi connectivity index (χ0n) is 17.3. The first-order valence-electron chi connectivity index (χ1n) is 11.2. The van der Waals surface area contributed by atoms with Crippen molar-refractivity contribution in [3.8, 4) is 0 Å². The van der Waals surface area contributed by atoms with Gasteiger partial charge < -0.3 is 5.32 Å². The van der Waals surface area contributed by atoms with Gasteiger partial charge >= 0.3 is 0 Å². The molecule has 2 aromatic rings. The van der Waals surface area contributed by atoms with Crippen LogP contribution in [0.15, 0.2) is 60.7 Å². The smallest absolute Gasteiger partial charge is 0.00489 e. The second-order valence-corrected chi connectivity index (χ2v) is 7.91. The van der Waals surface area contributed by atoms with Crippen molar-refractivity contribution >= 4 is 0 Å². The Morgan fingerprint density at radius 3 is 1.89 bits per heavy atom. The number of aryl methyl sites for hydroxylation is 1. The summed E-state index contributed by atoms with van der Waals surface area (Å²) in [5.41, 5.74) is 2.97. The van der Waals surface area contributed by atoms with E-state index < -0.39 is 0 Å². The molecular weight excluding hydrogens is 326 g/mol. The number of hydrogen-bond donors (Lipinski definition) is 1. The Morgan fingerprint density at radius 1 is 0.630 bits per heavy atom. The molecule has 27 heavy (non-hydrogen) atoms. The Bertz CT molecular complexity index is 563. The van der Waals surface area contributed by atoms with E-state index in [9.17, 15) is 0 Å². The van der Waals surface area contributed by atoms with Gasteiger partial charge in [0.1, 0.15) is 0 Å². The lowest BCUT2D eigenvalue weighted by atomic mass is 9.95. The number of rotatable bonds is 15. The fraction of sp³-hybridized carbons (Fsp3) is 0.538. The standard InChI is InChI=1S/C26H39N/c1-24(26-20-12-6-13-21-26)16-8-7-15-23-27-22-14-4-2-3-9-17-25-18-10-5-11-19-25/h5-6,10-13,18-21,24,27H,2-4,7-9,14-17,22-23H2,1H3. The number of benzene rings is 2. The quantitative estimate of drug-likeness (QED) is 0.331. The predicted molar refractivity (Wildman–Crippen MR) is 119 cm³/mol. The highest BCUT2D eigenvalue weighted by Crippen LogP contribution is 2.21. The maximum absolute atomic E-state index is 3.62. The summed E-state index contributed by atoms with van der Waals surface area (Å²) in [5, 5.41) is 3.62. The van der Waals surface area contributed by atoms with E-state index in [2.05, 4.69) is 72.9 Å². The number of hydrogen-bond acceptors (Lipinski definition) is 1. The third kappa shape index (κ3) is 10.3. The lowest BCUT2D eigenvalue weighted by Crippen LogP contribution is -2.16. The predicted octanol–water partition coefficient (Wildman–Crippen LogP) is 7.13. The monoisotopic (exact) mass is 365 g/mol. The minimum absolute atomic E-state index is 0.695. The van der Waals surface area contributed by atoms with Crippen LogP contribution in [0.2, 0.25) is 0 Å². The molecule has 1 unspecified atom stereocenters. The molecule has 0 aliphatic carbocycles. The molecule has 2 rings (SSSR count). The molecule has 1 N–H and O–H groups in total. The van der Waals surface area contributed by atoms with Gasteiger partial charge in [0.2, 0.25) is 0 Å². The zero-order valence-corrected chi connectivity index (χ0v) is 17.3. The van der Waals surface area contributed by atoms with Crippen LogP contribution in [-0.2, 0) is 6.42 Å². The summed E-state index contributed by atoms with van der Waals surface area (Å²) < 4.78 is 0. The normalized spacial score (nSPS) is 12.2. The molecule has 0 spiro atoms. The van der Waals surface area contributed by atoms with Crippen LogP contribution in [0, 0.1) is 0 Å². The summed E-state index contributed by atoms with van der Waals surface area (Å²) in [6.07, 6.45) is 13.3. The molecule has 2 aromatic carbocycles. The maximum Gasteiger partial charge on any atom is -0.00489 e. The highest BCUT2D eigenvalue weighted by atomic mass is 14.8. The van der Waals surface area contributed by atoms with E-state index in [0.29, 0.717) is 5.92 Å². The number of unbranched alkanes of at least 4 members (excludes halogenated alkanes) is 6. The second kappa shape index (κ2) is 14.5. The molecule has 0 radical (unpaired) electrons. The van der Waals surface area contributed by atoms with Crippen LogP contribution in [0.3, 0.4) is 0 Å². The highest BCUT2D eigenvalue weighted by Gasteiger charge is 2.03. The van der Waals surface area contributed by atoms with Crippen LogP contribution in [0.4, 0.5) is 0 Å². The molecule has 0 aliphatic rings. The van der Waals surface area contributed by atoms with Crippen LogP contribution in [0.25, 0.3) is 0 Å². The van der Waals surface area contributed by atoms with Gasteiger partial charge in [-0.15, -0.1) is 0 Å². The molecule has 1 atom stereocenters. The van der Waals surface area contributed by atoms with E-state index in [0.717, 1.165) is 0 Å². The Kier molecular flexibility index (Phi) is 11.6. The first-order valence-corrected chi connectivity index (χ1v) is 11.2. The topological polar surface area (TPSA) is 12.0 Å². The summed E-state index contributed by atoms with van der Waals surface area (Å²) in [6, 6.07) is 21.8. The summed E-state index contributed by atoms with van der Waals surface area (Å²) >= 11 is 0. The largest absolute Gasteiger partial charge is 0.317 e. The molecule has 0 bridgehead atoms. The van der Waals surface area contributed by atoms with Gasteiger partial charge in [-0.1, -0.05) is 99.7 Å². The van der Waals surface area contributed by atoms with Gasteiger partial charge in [0, 0.05) is 0 Å². The molecule has 0 aromatic heterocycles. The summed E-state index contributed by atoms with van der Waals surface area (Å²) in [6.45, 7) is 4.74. The Morgan fingerprint density at radius 2 is 1.19 bits per heavy atom. The fourth-order valence-electron chi connectivity index (χ4n) is 3.70. The van der Waals surface area contributed by atoms with E-state index in [-0.39, 0.29) is 0 Å². The molecule has 0 aliphatic heterocycles. The van der Waals surface area contributed by atoms with Crippen molar-refractivity contribution in [2.75, 3.05) is 13.1 Å². The molecular formula is C26H39N. The average molecular weight is 366 g/mol. The van der Waals surface area contributed by atoms with Crippen LogP contribution >= 0.6 is 0 Å². The first-order chi connectivity index (χ1) is 13.4. The van der Waals surface area contributed by atoms with Gasteiger partial charge in [-0.05, 0) is 62.2 Å². The average Bonchev–Trinajstić information content (AvgIpc) is 2.72. The van der Waals surface area contributed by atoms with Crippen molar-refractivity contribution in [3.05, 3.63) is 71.8 Å². The van der Waals surface area contributed by atoms with Gasteiger partial charge in [-0.2, -0.15) is 0 Å². The van der Waals surface area contributed by atoms with Crippen molar-refractivity contribution < 1.29 is 0 Å². The van der Waals surface area contributed by atoms with E-state index >= 15 is 0 Å². The van der Waals surface area contributed by atoms with Gasteiger partial charge in [0.15, 0.2) is 0 Å². The van der Waals surface area contributed by atoms with Gasteiger partial charge in [-0.3, -0.25) is 0 Å². The number of nitrogens with one attached hydrogen (secondary N) is 1. The highest BCUT2D eigenvalue weighted by molar-refractivity contribution is 5.18. The molecule has 0 saturated heterocycles. The molecule has 1 heteroatoms. The molecule has 0 saturated carbocycles. The van der Waals surface area contributed by atoms with E-state index in [4.69, 9.17) is 0 Å². The first kappa shape index (κ1) is 21.7. The van der Waals surface area contributed by atoms with Crippen LogP contribution in [0.5, 0.6) is 0 Å². The minimum atomic E-state index is 0.695. The van der Waals surface area contributed by atoms with Gasteiger partial charge in [-0.25, -0.2) is 0 Å². The van der Waals surface area contributed by atoms with Crippen LogP contribution in [-0.4, -0.2) is 13.1 Å². The Balaban J connectivity index is 1.32. The lowest BCUT2D eigenvalue weighted by molar-refractivity contribution is 0.538. The van der Waals surface area contributed by atoms with Crippen molar-refractivity contribution in [2.45, 2.75) is 77.0 Å². The van der Waals surface area contributed by atoms with Crippen molar-refractivity contribution in [1.29, 1.82) is 0 Å². The Labute approximate surface area is 167 Å². The molecule has 148 valence electrons. The maximum atomic E-state index is 3.62. The molecule has 0 heterocycles. The molecule has 0 fully saturated rings. The van der Waals surface area contributed by atoms with Gasteiger partial charge in [0.05, 0.1) is 0 Å². The fourth-order valence-corrected chi connectivity index (χ4v) is 3.70. The lowest BCUT2D eigenvalue weighted by Gasteiger charge is -2.11.